The normalized spacial score (nSPS) is 11.4. The van der Waals surface area contributed by atoms with Gasteiger partial charge in [0.1, 0.15) is 0 Å². The smallest absolute Gasteiger partial charge is 0.848 e. The topological polar surface area (TPSA) is 69.2 Å². The molecule has 10 heavy (non-hydrogen) atoms. The van der Waals surface area contributed by atoms with Crippen LogP contribution in [0.5, 0.6) is 0 Å². The molecule has 0 aromatic rings. The van der Waals surface area contributed by atoms with E-state index in [1.54, 1.807) is 13.8 Å². The molecule has 0 amide bonds. The van der Waals surface area contributed by atoms with Gasteiger partial charge in [0.2, 0.25) is 0 Å². The standard InChI is InChI=1S/C4H10O3PS.Pb/c1-3-9(4-2)8(5,6)7;/h3-4H2,1-2H3;/q-3;+3. The van der Waals surface area contributed by atoms with Gasteiger partial charge in [0.15, 0.2) is 0 Å². The zero-order valence-corrected chi connectivity index (χ0v) is 11.6. The Morgan fingerprint density at radius 2 is 1.40 bits per heavy atom. The summed E-state index contributed by atoms with van der Waals surface area (Å²) in [5, 5.41) is 0. The molecule has 0 unspecified atom stereocenters. The molecule has 0 aliphatic rings. The Kier molecular flexibility index (Phi) is 8.67. The van der Waals surface area contributed by atoms with E-state index in [0.29, 0.717) is 11.5 Å². The minimum atomic E-state index is -4.25. The second kappa shape index (κ2) is 6.14. The molecule has 0 fully saturated rings. The summed E-state index contributed by atoms with van der Waals surface area (Å²) in [5.41, 5.74) is 0. The third-order valence-corrected chi connectivity index (χ3v) is 6.39. The molecule has 0 aliphatic heterocycles. The Morgan fingerprint density at radius 3 is 1.40 bits per heavy atom. The molecule has 0 atom stereocenters. The molecule has 0 aliphatic carbocycles. The predicted octanol–water partition coefficient (Wildman–Crippen LogP) is -1.98. The van der Waals surface area contributed by atoms with Crippen molar-refractivity contribution >= 4 is 44.1 Å². The van der Waals surface area contributed by atoms with Crippen LogP contribution in [0.2, 0.25) is 0 Å². The van der Waals surface area contributed by atoms with Crippen LogP contribution >= 0.6 is 6.72 Å². The first-order chi connectivity index (χ1) is 4.02. The van der Waals surface area contributed by atoms with Crippen molar-refractivity contribution in [2.75, 3.05) is 11.5 Å². The molecule has 0 saturated heterocycles. The maximum absolute atomic E-state index is 10.3. The van der Waals surface area contributed by atoms with Gasteiger partial charge in [0, 0.05) is 0 Å². The van der Waals surface area contributed by atoms with E-state index in [-0.39, 0.29) is 27.3 Å². The summed E-state index contributed by atoms with van der Waals surface area (Å²) in [4.78, 5) is 30.8. The Hall–Kier alpha value is 1.58. The van der Waals surface area contributed by atoms with Crippen LogP contribution in [0.3, 0.4) is 0 Å². The number of rotatable bonds is 2. The Balaban J connectivity index is 0. The first-order valence-electron chi connectivity index (χ1n) is 2.72. The van der Waals surface area contributed by atoms with Gasteiger partial charge < -0.3 is 21.4 Å². The van der Waals surface area contributed by atoms with Gasteiger partial charge in [-0.25, -0.2) is 10.1 Å². The quantitative estimate of drug-likeness (QED) is 0.415. The second-order valence-corrected chi connectivity index (χ2v) is 7.35. The van der Waals surface area contributed by atoms with Crippen molar-refractivity contribution in [3.8, 4) is 0 Å². The van der Waals surface area contributed by atoms with Crippen LogP contribution in [0.15, 0.2) is 0 Å². The molecule has 0 spiro atoms. The van der Waals surface area contributed by atoms with Crippen LogP contribution in [0.1, 0.15) is 13.8 Å². The van der Waals surface area contributed by atoms with Crippen LogP contribution in [0, 0.1) is 0 Å². The third kappa shape index (κ3) is 5.26. The van der Waals surface area contributed by atoms with Gasteiger partial charge in [-0.3, -0.25) is 0 Å². The van der Waals surface area contributed by atoms with Crippen molar-refractivity contribution in [3.63, 3.8) is 0 Å². The molecule has 0 rings (SSSR count). The van der Waals surface area contributed by atoms with Crippen LogP contribution in [0.25, 0.3) is 0 Å². The molecular weight excluding hydrogens is 366 g/mol. The first kappa shape index (κ1) is 14.1. The fourth-order valence-electron chi connectivity index (χ4n) is 0.520. The van der Waals surface area contributed by atoms with Gasteiger partial charge in [0.25, 0.3) is 0 Å². The monoisotopic (exact) mass is 377 g/mol. The number of hydrogen-bond acceptors (Lipinski definition) is 3. The van der Waals surface area contributed by atoms with Crippen molar-refractivity contribution < 1.29 is 14.7 Å². The van der Waals surface area contributed by atoms with E-state index in [0.717, 1.165) is 0 Å². The molecule has 0 saturated carbocycles. The molecular formula is C4H10O3PPbS. The van der Waals surface area contributed by atoms with Crippen molar-refractivity contribution in [1.82, 2.24) is 0 Å². The summed E-state index contributed by atoms with van der Waals surface area (Å²) >= 11 is 0. The van der Waals surface area contributed by atoms with Crippen LogP contribution in [-0.2, 0) is 10.1 Å². The summed E-state index contributed by atoms with van der Waals surface area (Å²) < 4.78 is 0. The Morgan fingerprint density at radius 1 is 1.10 bits per heavy atom. The van der Waals surface area contributed by atoms with E-state index in [9.17, 15) is 14.7 Å². The average molecular weight is 376 g/mol. The van der Waals surface area contributed by atoms with Crippen LogP contribution < -0.4 is 14.7 Å². The predicted molar refractivity (Wildman–Crippen MR) is 41.1 cm³/mol. The Bertz CT molecular complexity index is 129. The zero-order chi connectivity index (χ0) is 7.49. The maximum Gasteiger partial charge on any atom is 3.00 e. The van der Waals surface area contributed by atoms with E-state index < -0.39 is 16.8 Å². The van der Waals surface area contributed by atoms with E-state index in [4.69, 9.17) is 0 Å². The molecule has 6 heteroatoms. The number of hydrogen-bond donors (Lipinski definition) is 0. The van der Waals surface area contributed by atoms with Crippen molar-refractivity contribution in [2.24, 2.45) is 0 Å². The SMILES string of the molecule is CCS(CC)=P([O-])([O-])[O-].[Pb+3]. The van der Waals surface area contributed by atoms with Gasteiger partial charge in [-0.1, -0.05) is 13.8 Å². The minimum Gasteiger partial charge on any atom is -0.848 e. The van der Waals surface area contributed by atoms with Gasteiger partial charge >= 0.3 is 27.3 Å². The molecule has 0 aromatic carbocycles. The van der Waals surface area contributed by atoms with Crippen molar-refractivity contribution in [1.29, 1.82) is 0 Å². The molecule has 59 valence electrons. The van der Waals surface area contributed by atoms with Gasteiger partial charge in [-0.15, -0.1) is 0 Å². The molecule has 0 aromatic heterocycles. The molecule has 1 radical (unpaired) electrons. The van der Waals surface area contributed by atoms with E-state index >= 15 is 0 Å². The Labute approximate surface area is 83.8 Å². The molecule has 0 bridgehead atoms. The molecule has 0 N–H and O–H groups in total. The van der Waals surface area contributed by atoms with Crippen LogP contribution in [-0.4, -0.2) is 38.8 Å². The summed E-state index contributed by atoms with van der Waals surface area (Å²) in [6.45, 7) is -0.813. The largest absolute Gasteiger partial charge is 3.00 e. The second-order valence-electron chi connectivity index (χ2n) is 1.49. The third-order valence-electron chi connectivity index (χ3n) is 0.983. The average Bonchev–Trinajstić information content (AvgIpc) is 1.65. The van der Waals surface area contributed by atoms with Crippen molar-refractivity contribution in [3.05, 3.63) is 0 Å². The van der Waals surface area contributed by atoms with E-state index in [1.165, 1.54) is 0 Å². The first-order valence-corrected chi connectivity index (χ1v) is 6.43. The summed E-state index contributed by atoms with van der Waals surface area (Å²) in [5.74, 6) is 0.918. The van der Waals surface area contributed by atoms with Crippen LogP contribution in [0.4, 0.5) is 0 Å². The van der Waals surface area contributed by atoms with Gasteiger partial charge in [-0.2, -0.15) is 0 Å². The zero-order valence-electron chi connectivity index (χ0n) is 5.99. The van der Waals surface area contributed by atoms with E-state index in [1.807, 2.05) is 0 Å². The molecule has 0 heterocycles. The summed E-state index contributed by atoms with van der Waals surface area (Å²) in [6.07, 6.45) is 0. The fourth-order valence-corrected chi connectivity index (χ4v) is 3.46. The summed E-state index contributed by atoms with van der Waals surface area (Å²) in [7, 11) is -0.911. The van der Waals surface area contributed by atoms with Gasteiger partial charge in [-0.05, 0) is 11.5 Å². The maximum atomic E-state index is 10.3. The fraction of sp³-hybridized carbons (Fsp3) is 1.00. The molecule has 3 nitrogen and oxygen atoms in total. The summed E-state index contributed by atoms with van der Waals surface area (Å²) in [6, 6.07) is 0. The van der Waals surface area contributed by atoms with E-state index in [2.05, 4.69) is 0 Å². The minimum absolute atomic E-state index is 0. The van der Waals surface area contributed by atoms with Gasteiger partial charge in [0.05, 0.1) is 0 Å². The van der Waals surface area contributed by atoms with Crippen molar-refractivity contribution in [2.45, 2.75) is 13.8 Å².